The highest BCUT2D eigenvalue weighted by atomic mass is 32.1. The second-order valence-electron chi connectivity index (χ2n) is 4.92. The third kappa shape index (κ3) is 2.97. The Morgan fingerprint density at radius 1 is 1.38 bits per heavy atom. The molecule has 3 aromatic rings. The van der Waals surface area contributed by atoms with E-state index in [1.165, 1.54) is 5.56 Å². The number of aromatic nitrogens is 4. The van der Waals surface area contributed by atoms with Crippen molar-refractivity contribution in [2.75, 3.05) is 23.8 Å². The van der Waals surface area contributed by atoms with E-state index in [4.69, 9.17) is 0 Å². The Morgan fingerprint density at radius 2 is 2.29 bits per heavy atom. The molecule has 2 N–H and O–H groups in total. The van der Waals surface area contributed by atoms with Crippen molar-refractivity contribution in [2.24, 2.45) is 0 Å². The number of hydrogen-bond donors (Lipinski definition) is 2. The van der Waals surface area contributed by atoms with Crippen LogP contribution in [-0.2, 0) is 6.54 Å². The van der Waals surface area contributed by atoms with E-state index >= 15 is 0 Å². The number of anilines is 2. The van der Waals surface area contributed by atoms with Crippen LogP contribution in [0, 0.1) is 0 Å². The van der Waals surface area contributed by atoms with Gasteiger partial charge in [-0.25, -0.2) is 0 Å². The fourth-order valence-corrected chi connectivity index (χ4v) is 2.82. The number of thiophene rings is 1. The minimum atomic E-state index is 0.640. The SMILES string of the molecule is CCCNc1nc(N(C)Cc2ccsc2)c2cn[nH]c2n1. The van der Waals surface area contributed by atoms with Gasteiger partial charge in [0.15, 0.2) is 5.65 Å². The molecule has 0 fully saturated rings. The highest BCUT2D eigenvalue weighted by Gasteiger charge is 2.13. The summed E-state index contributed by atoms with van der Waals surface area (Å²) in [6.45, 7) is 3.78. The minimum absolute atomic E-state index is 0.640. The van der Waals surface area contributed by atoms with Crippen molar-refractivity contribution in [1.29, 1.82) is 0 Å². The fourth-order valence-electron chi connectivity index (χ4n) is 2.16. The van der Waals surface area contributed by atoms with Gasteiger partial charge in [-0.1, -0.05) is 6.92 Å². The molecule has 7 heteroatoms. The lowest BCUT2D eigenvalue weighted by Crippen LogP contribution is -2.18. The van der Waals surface area contributed by atoms with Crippen molar-refractivity contribution in [3.8, 4) is 0 Å². The topological polar surface area (TPSA) is 69.7 Å². The summed E-state index contributed by atoms with van der Waals surface area (Å²) in [5, 5.41) is 15.4. The zero-order valence-corrected chi connectivity index (χ0v) is 12.9. The molecule has 0 spiro atoms. The average Bonchev–Trinajstić information content (AvgIpc) is 3.14. The number of rotatable bonds is 6. The lowest BCUT2D eigenvalue weighted by molar-refractivity contribution is 0.896. The zero-order valence-electron chi connectivity index (χ0n) is 12.1. The molecule has 110 valence electrons. The van der Waals surface area contributed by atoms with Gasteiger partial charge in [0.2, 0.25) is 5.95 Å². The zero-order chi connectivity index (χ0) is 14.7. The van der Waals surface area contributed by atoms with Gasteiger partial charge in [0.25, 0.3) is 0 Å². The standard InChI is InChI=1S/C14H18N6S/c1-3-5-15-14-17-12-11(7-16-19-12)13(18-14)20(2)8-10-4-6-21-9-10/h4,6-7,9H,3,5,8H2,1-2H3,(H2,15,16,17,18,19). The maximum atomic E-state index is 4.64. The van der Waals surface area contributed by atoms with Crippen molar-refractivity contribution >= 4 is 34.1 Å². The van der Waals surface area contributed by atoms with E-state index in [2.05, 4.69) is 54.1 Å². The summed E-state index contributed by atoms with van der Waals surface area (Å²) in [5.41, 5.74) is 2.04. The van der Waals surface area contributed by atoms with Crippen LogP contribution in [0.15, 0.2) is 23.0 Å². The fraction of sp³-hybridized carbons (Fsp3) is 0.357. The third-order valence-electron chi connectivity index (χ3n) is 3.18. The molecule has 0 aliphatic carbocycles. The molecule has 0 radical (unpaired) electrons. The van der Waals surface area contributed by atoms with Crippen molar-refractivity contribution in [3.63, 3.8) is 0 Å². The predicted molar refractivity (Wildman–Crippen MR) is 86.9 cm³/mol. The monoisotopic (exact) mass is 302 g/mol. The number of aromatic amines is 1. The average molecular weight is 302 g/mol. The lowest BCUT2D eigenvalue weighted by Gasteiger charge is -2.19. The van der Waals surface area contributed by atoms with Crippen molar-refractivity contribution in [1.82, 2.24) is 20.2 Å². The summed E-state index contributed by atoms with van der Waals surface area (Å²) in [4.78, 5) is 11.2. The van der Waals surface area contributed by atoms with Crippen LogP contribution in [0.5, 0.6) is 0 Å². The van der Waals surface area contributed by atoms with Crippen molar-refractivity contribution in [2.45, 2.75) is 19.9 Å². The smallest absolute Gasteiger partial charge is 0.226 e. The molecule has 0 saturated carbocycles. The molecule has 0 amide bonds. The normalized spacial score (nSPS) is 11.0. The van der Waals surface area contributed by atoms with Crippen LogP contribution in [0.2, 0.25) is 0 Å². The minimum Gasteiger partial charge on any atom is -0.355 e. The number of fused-ring (bicyclic) bond motifs is 1. The van der Waals surface area contributed by atoms with E-state index in [0.717, 1.165) is 36.4 Å². The molecule has 0 aliphatic heterocycles. The van der Waals surface area contributed by atoms with E-state index in [0.29, 0.717) is 5.95 Å². The summed E-state index contributed by atoms with van der Waals surface area (Å²) in [6, 6.07) is 2.13. The molecule has 3 rings (SSSR count). The summed E-state index contributed by atoms with van der Waals surface area (Å²) in [7, 11) is 2.04. The van der Waals surface area contributed by atoms with Crippen LogP contribution >= 0.6 is 11.3 Å². The van der Waals surface area contributed by atoms with Gasteiger partial charge in [-0.2, -0.15) is 26.4 Å². The van der Waals surface area contributed by atoms with E-state index in [-0.39, 0.29) is 0 Å². The van der Waals surface area contributed by atoms with Gasteiger partial charge in [0.1, 0.15) is 5.82 Å². The molecule has 0 unspecified atom stereocenters. The van der Waals surface area contributed by atoms with Gasteiger partial charge in [0, 0.05) is 20.1 Å². The Hall–Kier alpha value is -2.15. The van der Waals surface area contributed by atoms with Crippen LogP contribution in [0.1, 0.15) is 18.9 Å². The van der Waals surface area contributed by atoms with E-state index in [1.54, 1.807) is 17.5 Å². The first-order valence-electron chi connectivity index (χ1n) is 6.95. The molecule has 3 heterocycles. The molecule has 0 saturated heterocycles. The quantitative estimate of drug-likeness (QED) is 0.732. The first kappa shape index (κ1) is 13.8. The van der Waals surface area contributed by atoms with E-state index < -0.39 is 0 Å². The van der Waals surface area contributed by atoms with E-state index in [9.17, 15) is 0 Å². The van der Waals surface area contributed by atoms with Crippen molar-refractivity contribution < 1.29 is 0 Å². The molecule has 0 aromatic carbocycles. The molecule has 21 heavy (non-hydrogen) atoms. The Balaban J connectivity index is 1.93. The molecule has 3 aromatic heterocycles. The molecule has 0 atom stereocenters. The van der Waals surface area contributed by atoms with Gasteiger partial charge >= 0.3 is 0 Å². The molecular weight excluding hydrogens is 284 g/mol. The Labute approximate surface area is 127 Å². The summed E-state index contributed by atoms with van der Waals surface area (Å²) in [5.74, 6) is 1.53. The predicted octanol–water partition coefficient (Wildman–Crippen LogP) is 2.87. The maximum absolute atomic E-state index is 4.64. The highest BCUT2D eigenvalue weighted by Crippen LogP contribution is 2.24. The van der Waals surface area contributed by atoms with Gasteiger partial charge < -0.3 is 10.2 Å². The number of nitrogens with zero attached hydrogens (tertiary/aromatic N) is 4. The second-order valence-corrected chi connectivity index (χ2v) is 5.70. The maximum Gasteiger partial charge on any atom is 0.226 e. The van der Waals surface area contributed by atoms with Crippen LogP contribution in [0.4, 0.5) is 11.8 Å². The summed E-state index contributed by atoms with van der Waals surface area (Å²) in [6.07, 6.45) is 2.81. The Kier molecular flexibility index (Phi) is 4.01. The van der Waals surface area contributed by atoms with Gasteiger partial charge in [-0.15, -0.1) is 0 Å². The Morgan fingerprint density at radius 3 is 3.05 bits per heavy atom. The summed E-state index contributed by atoms with van der Waals surface area (Å²) < 4.78 is 0. The molecule has 0 aliphatic rings. The van der Waals surface area contributed by atoms with Gasteiger partial charge in [-0.05, 0) is 28.8 Å². The third-order valence-corrected chi connectivity index (χ3v) is 3.92. The highest BCUT2D eigenvalue weighted by molar-refractivity contribution is 7.07. The number of hydrogen-bond acceptors (Lipinski definition) is 6. The summed E-state index contributed by atoms with van der Waals surface area (Å²) >= 11 is 1.71. The van der Waals surface area contributed by atoms with Crippen LogP contribution in [0.25, 0.3) is 11.0 Å². The van der Waals surface area contributed by atoms with Crippen molar-refractivity contribution in [3.05, 3.63) is 28.6 Å². The molecule has 6 nitrogen and oxygen atoms in total. The van der Waals surface area contributed by atoms with Crippen LogP contribution in [-0.4, -0.2) is 33.8 Å². The second kappa shape index (κ2) is 6.09. The molecular formula is C14H18N6S. The largest absolute Gasteiger partial charge is 0.355 e. The van der Waals surface area contributed by atoms with Gasteiger partial charge in [0.05, 0.1) is 11.6 Å². The van der Waals surface area contributed by atoms with Gasteiger partial charge in [-0.3, -0.25) is 5.10 Å². The first-order chi connectivity index (χ1) is 10.3. The van der Waals surface area contributed by atoms with Crippen LogP contribution < -0.4 is 10.2 Å². The first-order valence-corrected chi connectivity index (χ1v) is 7.89. The van der Waals surface area contributed by atoms with Crippen LogP contribution in [0.3, 0.4) is 0 Å². The number of H-pyrrole nitrogens is 1. The van der Waals surface area contributed by atoms with E-state index in [1.807, 2.05) is 7.05 Å². The lowest BCUT2D eigenvalue weighted by atomic mass is 10.3. The molecule has 0 bridgehead atoms. The number of nitrogens with one attached hydrogen (secondary N) is 2. The Bertz CT molecular complexity index is 705.